The Morgan fingerprint density at radius 1 is 1.31 bits per heavy atom. The summed E-state index contributed by atoms with van der Waals surface area (Å²) in [4.78, 5) is 17.5. The molecule has 1 aliphatic heterocycles. The summed E-state index contributed by atoms with van der Waals surface area (Å²) in [5, 5.41) is 17.0. The number of aromatic nitrogens is 2. The van der Waals surface area contributed by atoms with Gasteiger partial charge in [-0.2, -0.15) is 0 Å². The molecule has 3 aromatic rings. The van der Waals surface area contributed by atoms with Gasteiger partial charge in [-0.1, -0.05) is 36.4 Å². The van der Waals surface area contributed by atoms with Crippen molar-refractivity contribution in [3.8, 4) is 0 Å². The maximum Gasteiger partial charge on any atom is 0.272 e. The Balaban J connectivity index is 1.71. The third-order valence-corrected chi connectivity index (χ3v) is 5.14. The Labute approximate surface area is 151 Å². The molecule has 134 valence electrons. The van der Waals surface area contributed by atoms with E-state index in [-0.39, 0.29) is 5.91 Å². The molecule has 3 heterocycles. The largest absolute Gasteiger partial charge is 0.389 e. The van der Waals surface area contributed by atoms with Crippen LogP contribution in [0.15, 0.2) is 54.9 Å². The van der Waals surface area contributed by atoms with E-state index in [2.05, 4.69) is 15.6 Å². The number of rotatable bonds is 3. The average Bonchev–Trinajstić information content (AvgIpc) is 3.10. The van der Waals surface area contributed by atoms with Gasteiger partial charge in [0.1, 0.15) is 11.3 Å². The Bertz CT molecular complexity index is 937. The molecule has 26 heavy (non-hydrogen) atoms. The van der Waals surface area contributed by atoms with Gasteiger partial charge in [0.05, 0.1) is 11.6 Å². The Morgan fingerprint density at radius 3 is 2.85 bits per heavy atom. The van der Waals surface area contributed by atoms with Gasteiger partial charge in [0.2, 0.25) is 0 Å². The summed E-state index contributed by atoms with van der Waals surface area (Å²) in [7, 11) is 0. The summed E-state index contributed by atoms with van der Waals surface area (Å²) < 4.78 is 1.85. The highest BCUT2D eigenvalue weighted by Gasteiger charge is 2.43. The topological polar surface area (TPSA) is 78.7 Å². The number of aliphatic hydroxyl groups excluding tert-OH is 1. The number of amides is 1. The molecule has 1 aliphatic rings. The fourth-order valence-corrected chi connectivity index (χ4v) is 3.69. The first-order valence-corrected chi connectivity index (χ1v) is 8.81. The molecule has 1 saturated heterocycles. The van der Waals surface area contributed by atoms with Gasteiger partial charge in [-0.3, -0.25) is 4.79 Å². The SMILES string of the molecule is Cc1cccn2cc(C(=O)N[C@]3(c4ccccc4)CCNC[C@H]3O)nc12. The number of aryl methyl sites for hydroxylation is 1. The van der Waals surface area contributed by atoms with Crippen LogP contribution < -0.4 is 10.6 Å². The number of fused-ring (bicyclic) bond motifs is 1. The molecular weight excluding hydrogens is 328 g/mol. The summed E-state index contributed by atoms with van der Waals surface area (Å²) in [5.74, 6) is -0.280. The maximum atomic E-state index is 13.0. The van der Waals surface area contributed by atoms with Gasteiger partial charge in [0.25, 0.3) is 5.91 Å². The van der Waals surface area contributed by atoms with Crippen molar-refractivity contribution in [3.63, 3.8) is 0 Å². The zero-order valence-electron chi connectivity index (χ0n) is 14.6. The van der Waals surface area contributed by atoms with Gasteiger partial charge >= 0.3 is 0 Å². The second kappa shape index (κ2) is 6.55. The van der Waals surface area contributed by atoms with Crippen LogP contribution in [0.3, 0.4) is 0 Å². The van der Waals surface area contributed by atoms with Crippen molar-refractivity contribution < 1.29 is 9.90 Å². The molecule has 0 spiro atoms. The summed E-state index contributed by atoms with van der Waals surface area (Å²) in [6.07, 6.45) is 3.49. The standard InChI is InChI=1S/C20H22N4O2/c1-14-6-5-11-24-13-16(22-18(14)24)19(26)23-20(9-10-21-12-17(20)25)15-7-3-2-4-8-15/h2-8,11,13,17,21,25H,9-10,12H2,1H3,(H,23,26)/t17-,20+/m1/s1. The van der Waals surface area contributed by atoms with E-state index < -0.39 is 11.6 Å². The number of benzene rings is 1. The number of carbonyl (C=O) groups excluding carboxylic acids is 1. The smallest absolute Gasteiger partial charge is 0.272 e. The third kappa shape index (κ3) is 2.77. The van der Waals surface area contributed by atoms with E-state index in [0.29, 0.717) is 18.7 Å². The van der Waals surface area contributed by atoms with Gasteiger partial charge in [-0.05, 0) is 37.1 Å². The fraction of sp³-hybridized carbons (Fsp3) is 0.300. The van der Waals surface area contributed by atoms with Crippen LogP contribution in [-0.2, 0) is 5.54 Å². The Kier molecular flexibility index (Phi) is 4.22. The van der Waals surface area contributed by atoms with Crippen LogP contribution >= 0.6 is 0 Å². The van der Waals surface area contributed by atoms with E-state index in [1.54, 1.807) is 6.20 Å². The number of carbonyl (C=O) groups is 1. The number of piperidine rings is 1. The van der Waals surface area contributed by atoms with Gasteiger partial charge in [-0.25, -0.2) is 4.98 Å². The Hall–Kier alpha value is -2.70. The number of hydrogen-bond acceptors (Lipinski definition) is 4. The molecule has 6 nitrogen and oxygen atoms in total. The van der Waals surface area contributed by atoms with E-state index >= 15 is 0 Å². The average molecular weight is 350 g/mol. The molecule has 6 heteroatoms. The molecule has 0 unspecified atom stereocenters. The third-order valence-electron chi connectivity index (χ3n) is 5.14. The van der Waals surface area contributed by atoms with Crippen LogP contribution in [0.4, 0.5) is 0 Å². The number of imidazole rings is 1. The van der Waals surface area contributed by atoms with Crippen LogP contribution in [0.1, 0.15) is 28.0 Å². The fourth-order valence-electron chi connectivity index (χ4n) is 3.69. The lowest BCUT2D eigenvalue weighted by Gasteiger charge is -2.42. The lowest BCUT2D eigenvalue weighted by Crippen LogP contribution is -2.61. The molecular formula is C20H22N4O2. The minimum absolute atomic E-state index is 0.280. The zero-order valence-corrected chi connectivity index (χ0v) is 14.6. The number of β-amino-alcohol motifs (C(OH)–C–C–N with tert-alkyl or cyclic N) is 1. The predicted molar refractivity (Wildman–Crippen MR) is 99.0 cm³/mol. The summed E-state index contributed by atoms with van der Waals surface area (Å²) in [6.45, 7) is 3.11. The van der Waals surface area contributed by atoms with Crippen LogP contribution in [0.5, 0.6) is 0 Å². The molecule has 1 aromatic carbocycles. The normalized spacial score (nSPS) is 23.1. The van der Waals surface area contributed by atoms with Gasteiger partial charge < -0.3 is 20.1 Å². The van der Waals surface area contributed by atoms with E-state index in [1.165, 1.54) is 0 Å². The van der Waals surface area contributed by atoms with Crippen molar-refractivity contribution in [3.05, 3.63) is 71.7 Å². The van der Waals surface area contributed by atoms with Crippen LogP contribution in [-0.4, -0.2) is 39.6 Å². The van der Waals surface area contributed by atoms with Gasteiger partial charge in [0, 0.05) is 18.9 Å². The number of nitrogens with one attached hydrogen (secondary N) is 2. The lowest BCUT2D eigenvalue weighted by molar-refractivity contribution is 0.0288. The molecule has 0 aliphatic carbocycles. The molecule has 0 radical (unpaired) electrons. The van der Waals surface area contributed by atoms with Gasteiger partial charge in [0.15, 0.2) is 0 Å². The highest BCUT2D eigenvalue weighted by molar-refractivity contribution is 5.93. The lowest BCUT2D eigenvalue weighted by atomic mass is 9.79. The van der Waals surface area contributed by atoms with Crippen molar-refractivity contribution in [2.75, 3.05) is 13.1 Å². The second-order valence-corrected chi connectivity index (χ2v) is 6.81. The van der Waals surface area contributed by atoms with Crippen molar-refractivity contribution in [2.24, 2.45) is 0 Å². The Morgan fingerprint density at radius 2 is 2.12 bits per heavy atom. The van der Waals surface area contributed by atoms with Crippen LogP contribution in [0, 0.1) is 6.92 Å². The van der Waals surface area contributed by atoms with E-state index in [4.69, 9.17) is 0 Å². The maximum absolute atomic E-state index is 13.0. The number of aliphatic hydroxyl groups is 1. The monoisotopic (exact) mass is 350 g/mol. The minimum atomic E-state index is -0.825. The van der Waals surface area contributed by atoms with Crippen LogP contribution in [0.2, 0.25) is 0 Å². The minimum Gasteiger partial charge on any atom is -0.389 e. The van der Waals surface area contributed by atoms with Crippen molar-refractivity contribution in [1.29, 1.82) is 0 Å². The van der Waals surface area contributed by atoms with Crippen molar-refractivity contribution in [2.45, 2.75) is 25.0 Å². The number of nitrogens with zero attached hydrogens (tertiary/aromatic N) is 2. The van der Waals surface area contributed by atoms with Crippen molar-refractivity contribution >= 4 is 11.6 Å². The molecule has 2 aromatic heterocycles. The molecule has 1 amide bonds. The van der Waals surface area contributed by atoms with E-state index in [9.17, 15) is 9.90 Å². The predicted octanol–water partition coefficient (Wildman–Crippen LogP) is 1.62. The van der Waals surface area contributed by atoms with Crippen LogP contribution in [0.25, 0.3) is 5.65 Å². The summed E-state index contributed by atoms with van der Waals surface area (Å²) in [6, 6.07) is 13.6. The van der Waals surface area contributed by atoms with E-state index in [1.807, 2.05) is 60.0 Å². The highest BCUT2D eigenvalue weighted by atomic mass is 16.3. The molecule has 0 saturated carbocycles. The molecule has 0 bridgehead atoms. The van der Waals surface area contributed by atoms with E-state index in [0.717, 1.165) is 23.3 Å². The first-order valence-electron chi connectivity index (χ1n) is 8.81. The second-order valence-electron chi connectivity index (χ2n) is 6.81. The number of hydrogen-bond donors (Lipinski definition) is 3. The molecule has 1 fully saturated rings. The van der Waals surface area contributed by atoms with Crippen molar-refractivity contribution in [1.82, 2.24) is 20.0 Å². The molecule has 3 N–H and O–H groups in total. The first kappa shape index (κ1) is 16.8. The first-order chi connectivity index (χ1) is 12.6. The quantitative estimate of drug-likeness (QED) is 0.671. The highest BCUT2D eigenvalue weighted by Crippen LogP contribution is 2.31. The molecule has 2 atom stereocenters. The summed E-state index contributed by atoms with van der Waals surface area (Å²) in [5.41, 5.74) is 2.19. The number of pyridine rings is 1. The van der Waals surface area contributed by atoms with Gasteiger partial charge in [-0.15, -0.1) is 0 Å². The molecule has 4 rings (SSSR count). The zero-order chi connectivity index (χ0) is 18.1. The summed E-state index contributed by atoms with van der Waals surface area (Å²) >= 11 is 0.